The van der Waals surface area contributed by atoms with Crippen molar-refractivity contribution in [1.29, 1.82) is 0 Å². The van der Waals surface area contributed by atoms with Crippen molar-refractivity contribution in [2.45, 2.75) is 101 Å². The first kappa shape index (κ1) is 23.5. The van der Waals surface area contributed by atoms with E-state index in [0.29, 0.717) is 32.2 Å². The van der Waals surface area contributed by atoms with E-state index in [1.165, 1.54) is 6.42 Å². The van der Waals surface area contributed by atoms with E-state index in [0.717, 1.165) is 32.1 Å². The maximum Gasteiger partial charge on any atom is 0.312 e. The Morgan fingerprint density at radius 3 is 2.62 bits per heavy atom. The SMILES string of the molecule is CCOC(=O)[C@@H]1[C@H]2C(=O)N(CCCCCO)C(C(=O)NC3CCCCC3)C23CC[C@@]1(C)O3. The van der Waals surface area contributed by atoms with E-state index in [9.17, 15) is 14.4 Å². The van der Waals surface area contributed by atoms with Crippen molar-refractivity contribution >= 4 is 17.8 Å². The van der Waals surface area contributed by atoms with Crippen molar-refractivity contribution < 1.29 is 29.0 Å². The van der Waals surface area contributed by atoms with Gasteiger partial charge in [0.15, 0.2) is 0 Å². The minimum absolute atomic E-state index is 0.110. The average Bonchev–Trinajstić information content (AvgIpc) is 3.33. The van der Waals surface area contributed by atoms with Gasteiger partial charge < -0.3 is 24.8 Å². The Balaban J connectivity index is 1.62. The van der Waals surface area contributed by atoms with E-state index in [4.69, 9.17) is 14.6 Å². The Bertz CT molecular complexity index is 738. The average molecular weight is 451 g/mol. The molecule has 8 heteroatoms. The summed E-state index contributed by atoms with van der Waals surface area (Å²) in [5.41, 5.74) is -1.75. The molecule has 0 aromatic heterocycles. The Morgan fingerprint density at radius 1 is 1.19 bits per heavy atom. The number of aliphatic hydroxyl groups excluding tert-OH is 1. The van der Waals surface area contributed by atoms with Crippen LogP contribution in [0.2, 0.25) is 0 Å². The fourth-order valence-electron chi connectivity index (χ4n) is 6.65. The third kappa shape index (κ3) is 3.83. The lowest BCUT2D eigenvalue weighted by molar-refractivity contribution is -0.159. The molecule has 0 aromatic carbocycles. The topological polar surface area (TPSA) is 105 Å². The molecule has 8 nitrogen and oxygen atoms in total. The van der Waals surface area contributed by atoms with Crippen LogP contribution in [-0.4, -0.2) is 70.8 Å². The number of unbranched alkanes of at least 4 members (excludes halogenated alkanes) is 2. The van der Waals surface area contributed by atoms with Gasteiger partial charge in [0.05, 0.1) is 18.1 Å². The van der Waals surface area contributed by atoms with Gasteiger partial charge in [-0.25, -0.2) is 0 Å². The van der Waals surface area contributed by atoms with E-state index in [1.54, 1.807) is 11.8 Å². The van der Waals surface area contributed by atoms with Gasteiger partial charge in [-0.3, -0.25) is 14.4 Å². The number of hydrogen-bond donors (Lipinski definition) is 2. The van der Waals surface area contributed by atoms with Crippen molar-refractivity contribution in [1.82, 2.24) is 10.2 Å². The first-order valence-electron chi connectivity index (χ1n) is 12.5. The second kappa shape index (κ2) is 9.29. The zero-order valence-electron chi connectivity index (χ0n) is 19.4. The number of ether oxygens (including phenoxy) is 2. The van der Waals surface area contributed by atoms with Gasteiger partial charge in [0, 0.05) is 19.2 Å². The molecule has 1 saturated carbocycles. The molecule has 5 atom stereocenters. The van der Waals surface area contributed by atoms with Gasteiger partial charge in [-0.05, 0) is 58.8 Å². The van der Waals surface area contributed by atoms with Crippen molar-refractivity contribution in [3.63, 3.8) is 0 Å². The summed E-state index contributed by atoms with van der Waals surface area (Å²) in [4.78, 5) is 41.9. The van der Waals surface area contributed by atoms with Gasteiger partial charge >= 0.3 is 5.97 Å². The molecule has 2 amide bonds. The quantitative estimate of drug-likeness (QED) is 0.411. The number of fused-ring (bicyclic) bond motifs is 1. The molecule has 3 aliphatic heterocycles. The summed E-state index contributed by atoms with van der Waals surface area (Å²) in [7, 11) is 0. The molecule has 3 saturated heterocycles. The highest BCUT2D eigenvalue weighted by Gasteiger charge is 2.78. The standard InChI is InChI=1S/C24H38N2O6/c1-3-31-22(30)18-17-21(29)26(14-8-5-9-15-27)19(24(17)13-12-23(18,2)32-24)20(28)25-16-10-6-4-7-11-16/h16-19,27H,3-15H2,1-2H3,(H,25,28)/t17-,18-,19?,23+,24?/m0/s1. The Kier molecular flexibility index (Phi) is 6.82. The lowest BCUT2D eigenvalue weighted by Crippen LogP contribution is -2.57. The van der Waals surface area contributed by atoms with E-state index in [-0.39, 0.29) is 31.1 Å². The van der Waals surface area contributed by atoms with Gasteiger partial charge in [-0.15, -0.1) is 0 Å². The van der Waals surface area contributed by atoms with Crippen molar-refractivity contribution in [2.24, 2.45) is 11.8 Å². The maximum absolute atomic E-state index is 13.7. The van der Waals surface area contributed by atoms with Crippen LogP contribution >= 0.6 is 0 Å². The Hall–Kier alpha value is -1.67. The fraction of sp³-hybridized carbons (Fsp3) is 0.875. The van der Waals surface area contributed by atoms with Crippen LogP contribution in [0.5, 0.6) is 0 Å². The summed E-state index contributed by atoms with van der Waals surface area (Å²) in [5.74, 6) is -2.08. The van der Waals surface area contributed by atoms with E-state index in [1.807, 2.05) is 6.92 Å². The van der Waals surface area contributed by atoms with Gasteiger partial charge in [0.25, 0.3) is 0 Å². The summed E-state index contributed by atoms with van der Waals surface area (Å²) in [6, 6.07) is -0.592. The van der Waals surface area contributed by atoms with Crippen LogP contribution in [0.3, 0.4) is 0 Å². The number of nitrogens with one attached hydrogen (secondary N) is 1. The number of aliphatic hydroxyl groups is 1. The van der Waals surface area contributed by atoms with Crippen LogP contribution in [0.15, 0.2) is 0 Å². The van der Waals surface area contributed by atoms with Crippen LogP contribution in [0.4, 0.5) is 0 Å². The van der Waals surface area contributed by atoms with E-state index < -0.39 is 35.0 Å². The molecule has 2 bridgehead atoms. The second-order valence-corrected chi connectivity index (χ2v) is 10.1. The fourth-order valence-corrected chi connectivity index (χ4v) is 6.65. The van der Waals surface area contributed by atoms with Crippen molar-refractivity contribution in [3.05, 3.63) is 0 Å². The molecule has 1 spiro atoms. The number of nitrogens with zero attached hydrogens (tertiary/aromatic N) is 1. The number of amides is 2. The van der Waals surface area contributed by atoms with Crippen LogP contribution in [0, 0.1) is 11.8 Å². The van der Waals surface area contributed by atoms with Gasteiger partial charge in [-0.2, -0.15) is 0 Å². The molecule has 0 aromatic rings. The number of hydrogen-bond acceptors (Lipinski definition) is 6. The highest BCUT2D eigenvalue weighted by molar-refractivity contribution is 5.98. The molecular formula is C24H38N2O6. The minimum atomic E-state index is -0.973. The van der Waals surface area contributed by atoms with Gasteiger partial charge in [0.1, 0.15) is 17.6 Å². The van der Waals surface area contributed by atoms with Crippen LogP contribution < -0.4 is 5.32 Å². The molecule has 4 rings (SSSR count). The van der Waals surface area contributed by atoms with Gasteiger partial charge in [0.2, 0.25) is 11.8 Å². The van der Waals surface area contributed by atoms with E-state index in [2.05, 4.69) is 5.32 Å². The van der Waals surface area contributed by atoms with Crippen molar-refractivity contribution in [2.75, 3.05) is 19.8 Å². The first-order valence-corrected chi connectivity index (χ1v) is 12.5. The zero-order chi connectivity index (χ0) is 22.9. The smallest absolute Gasteiger partial charge is 0.312 e. The molecule has 3 heterocycles. The zero-order valence-corrected chi connectivity index (χ0v) is 19.4. The highest BCUT2D eigenvalue weighted by atomic mass is 16.6. The maximum atomic E-state index is 13.7. The number of rotatable bonds is 9. The lowest BCUT2D eigenvalue weighted by atomic mass is 9.66. The summed E-state index contributed by atoms with van der Waals surface area (Å²) < 4.78 is 11.9. The number of carbonyl (C=O) groups is 3. The predicted molar refractivity (Wildman–Crippen MR) is 117 cm³/mol. The van der Waals surface area contributed by atoms with Crippen LogP contribution in [0.1, 0.15) is 78.1 Å². The number of carbonyl (C=O) groups excluding carboxylic acids is 3. The normalized spacial score (nSPS) is 36.4. The summed E-state index contributed by atoms with van der Waals surface area (Å²) in [6.45, 7) is 4.43. The molecule has 2 N–H and O–H groups in total. The molecule has 0 radical (unpaired) electrons. The van der Waals surface area contributed by atoms with Crippen molar-refractivity contribution in [3.8, 4) is 0 Å². The molecule has 2 unspecified atom stereocenters. The number of likely N-dealkylation sites (tertiary alicyclic amines) is 1. The predicted octanol–water partition coefficient (Wildman–Crippen LogP) is 1.93. The molecule has 32 heavy (non-hydrogen) atoms. The Morgan fingerprint density at radius 2 is 1.94 bits per heavy atom. The molecule has 180 valence electrons. The molecule has 4 fully saturated rings. The first-order chi connectivity index (χ1) is 15.4. The molecule has 4 aliphatic rings. The second-order valence-electron chi connectivity index (χ2n) is 10.1. The third-order valence-electron chi connectivity index (χ3n) is 8.07. The molecular weight excluding hydrogens is 412 g/mol. The third-order valence-corrected chi connectivity index (χ3v) is 8.07. The Labute approximate surface area is 190 Å². The monoisotopic (exact) mass is 450 g/mol. The van der Waals surface area contributed by atoms with E-state index >= 15 is 0 Å². The number of esters is 1. The lowest BCUT2D eigenvalue weighted by Gasteiger charge is -2.35. The molecule has 1 aliphatic carbocycles. The van der Waals surface area contributed by atoms with Crippen LogP contribution in [-0.2, 0) is 23.9 Å². The van der Waals surface area contributed by atoms with Gasteiger partial charge in [-0.1, -0.05) is 19.3 Å². The summed E-state index contributed by atoms with van der Waals surface area (Å²) in [6.07, 6.45) is 8.68. The summed E-state index contributed by atoms with van der Waals surface area (Å²) >= 11 is 0. The highest BCUT2D eigenvalue weighted by Crippen LogP contribution is 2.63. The largest absolute Gasteiger partial charge is 0.466 e. The summed E-state index contributed by atoms with van der Waals surface area (Å²) in [5, 5.41) is 12.3. The van der Waals surface area contributed by atoms with Crippen LogP contribution in [0.25, 0.3) is 0 Å². The minimum Gasteiger partial charge on any atom is -0.466 e.